The summed E-state index contributed by atoms with van der Waals surface area (Å²) in [5, 5.41) is 1.20. The van der Waals surface area contributed by atoms with E-state index < -0.39 is 0 Å². The summed E-state index contributed by atoms with van der Waals surface area (Å²) < 4.78 is 0. The number of hydrogen-bond acceptors (Lipinski definition) is 1. The SMILES string of the molecule is CC(C)C(=O)N1CCCc2cc(Cl)cc(Cl)c21. The minimum Gasteiger partial charge on any atom is -0.310 e. The molecule has 0 saturated heterocycles. The Morgan fingerprint density at radius 2 is 2.06 bits per heavy atom. The smallest absolute Gasteiger partial charge is 0.229 e. The van der Waals surface area contributed by atoms with E-state index in [9.17, 15) is 4.79 Å². The van der Waals surface area contributed by atoms with Crippen LogP contribution in [0.4, 0.5) is 5.69 Å². The monoisotopic (exact) mass is 271 g/mol. The number of carbonyl (C=O) groups excluding carboxylic acids is 1. The van der Waals surface area contributed by atoms with Crippen LogP contribution in [0.15, 0.2) is 12.1 Å². The number of benzene rings is 1. The molecule has 2 nitrogen and oxygen atoms in total. The van der Waals surface area contributed by atoms with E-state index in [0.717, 1.165) is 30.6 Å². The maximum atomic E-state index is 12.1. The molecule has 0 radical (unpaired) electrons. The first-order chi connectivity index (χ1) is 8.00. The lowest BCUT2D eigenvalue weighted by atomic mass is 10.00. The van der Waals surface area contributed by atoms with Crippen molar-refractivity contribution in [3.05, 3.63) is 27.7 Å². The first-order valence-electron chi connectivity index (χ1n) is 5.80. The van der Waals surface area contributed by atoms with Gasteiger partial charge in [-0.15, -0.1) is 0 Å². The number of rotatable bonds is 1. The van der Waals surface area contributed by atoms with E-state index in [4.69, 9.17) is 23.2 Å². The third-order valence-electron chi connectivity index (χ3n) is 2.96. The van der Waals surface area contributed by atoms with Crippen LogP contribution in [0.25, 0.3) is 0 Å². The van der Waals surface area contributed by atoms with Gasteiger partial charge in [-0.25, -0.2) is 0 Å². The third kappa shape index (κ3) is 2.43. The van der Waals surface area contributed by atoms with Gasteiger partial charge in [-0.05, 0) is 30.5 Å². The zero-order chi connectivity index (χ0) is 12.6. The molecule has 0 fully saturated rings. The van der Waals surface area contributed by atoms with Crippen molar-refractivity contribution < 1.29 is 4.79 Å². The van der Waals surface area contributed by atoms with Gasteiger partial charge in [-0.3, -0.25) is 4.79 Å². The van der Waals surface area contributed by atoms with Crippen LogP contribution >= 0.6 is 23.2 Å². The number of nitrogens with zero attached hydrogens (tertiary/aromatic N) is 1. The molecule has 0 spiro atoms. The van der Waals surface area contributed by atoms with Crippen molar-refractivity contribution in [3.63, 3.8) is 0 Å². The zero-order valence-electron chi connectivity index (χ0n) is 9.96. The van der Waals surface area contributed by atoms with E-state index in [2.05, 4.69) is 0 Å². The fraction of sp³-hybridized carbons (Fsp3) is 0.462. The Balaban J connectivity index is 2.47. The third-order valence-corrected chi connectivity index (χ3v) is 3.47. The van der Waals surface area contributed by atoms with E-state index in [1.807, 2.05) is 19.9 Å². The number of carbonyl (C=O) groups is 1. The van der Waals surface area contributed by atoms with Crippen molar-refractivity contribution in [2.24, 2.45) is 5.92 Å². The summed E-state index contributed by atoms with van der Waals surface area (Å²) in [5.41, 5.74) is 1.92. The molecular weight excluding hydrogens is 257 g/mol. The van der Waals surface area contributed by atoms with Gasteiger partial charge < -0.3 is 4.90 Å². The van der Waals surface area contributed by atoms with Crippen LogP contribution in [0.1, 0.15) is 25.8 Å². The Kier molecular flexibility index (Phi) is 3.64. The molecule has 1 aliphatic rings. The van der Waals surface area contributed by atoms with Gasteiger partial charge in [0, 0.05) is 17.5 Å². The highest BCUT2D eigenvalue weighted by Gasteiger charge is 2.26. The maximum Gasteiger partial charge on any atom is 0.229 e. The summed E-state index contributed by atoms with van der Waals surface area (Å²) >= 11 is 12.2. The largest absolute Gasteiger partial charge is 0.310 e. The standard InChI is InChI=1S/C13H15Cl2NO/c1-8(2)13(17)16-5-3-4-9-6-10(14)7-11(15)12(9)16/h6-8H,3-5H2,1-2H3. The van der Waals surface area contributed by atoms with Crippen molar-refractivity contribution in [1.29, 1.82) is 0 Å². The molecule has 0 unspecified atom stereocenters. The number of aryl methyl sites for hydroxylation is 1. The molecule has 92 valence electrons. The summed E-state index contributed by atoms with van der Waals surface area (Å²) in [7, 11) is 0. The molecule has 1 aromatic rings. The number of amides is 1. The predicted molar refractivity (Wildman–Crippen MR) is 72.0 cm³/mol. The van der Waals surface area contributed by atoms with Crippen LogP contribution in [-0.4, -0.2) is 12.5 Å². The average Bonchev–Trinajstić information content (AvgIpc) is 2.26. The van der Waals surface area contributed by atoms with E-state index in [-0.39, 0.29) is 11.8 Å². The lowest BCUT2D eigenvalue weighted by molar-refractivity contribution is -0.121. The molecule has 0 aromatic heterocycles. The molecule has 1 heterocycles. The summed E-state index contributed by atoms with van der Waals surface area (Å²) in [6.07, 6.45) is 1.89. The van der Waals surface area contributed by atoms with Crippen LogP contribution in [0.3, 0.4) is 0 Å². The van der Waals surface area contributed by atoms with Crippen LogP contribution in [-0.2, 0) is 11.2 Å². The molecule has 4 heteroatoms. The maximum absolute atomic E-state index is 12.1. The highest BCUT2D eigenvalue weighted by Crippen LogP contribution is 2.37. The van der Waals surface area contributed by atoms with Gasteiger partial charge in [0.25, 0.3) is 0 Å². The first kappa shape index (κ1) is 12.7. The quantitative estimate of drug-likeness (QED) is 0.758. The highest BCUT2D eigenvalue weighted by atomic mass is 35.5. The highest BCUT2D eigenvalue weighted by molar-refractivity contribution is 6.37. The molecule has 0 aliphatic carbocycles. The Hall–Kier alpha value is -0.730. The molecule has 2 rings (SSSR count). The summed E-state index contributed by atoms with van der Waals surface area (Å²) in [4.78, 5) is 13.9. The van der Waals surface area contributed by atoms with Gasteiger partial charge in [0.05, 0.1) is 10.7 Å². The first-order valence-corrected chi connectivity index (χ1v) is 6.55. The van der Waals surface area contributed by atoms with Crippen molar-refractivity contribution in [2.75, 3.05) is 11.4 Å². The molecule has 0 bridgehead atoms. The number of halogens is 2. The van der Waals surface area contributed by atoms with Gasteiger partial charge in [0.2, 0.25) is 5.91 Å². The van der Waals surface area contributed by atoms with Gasteiger partial charge in [0.1, 0.15) is 0 Å². The molecule has 0 atom stereocenters. The second kappa shape index (κ2) is 4.87. The van der Waals surface area contributed by atoms with E-state index >= 15 is 0 Å². The fourth-order valence-corrected chi connectivity index (χ4v) is 2.82. The van der Waals surface area contributed by atoms with Crippen LogP contribution in [0.2, 0.25) is 10.0 Å². The lowest BCUT2D eigenvalue weighted by Gasteiger charge is -2.31. The number of hydrogen-bond donors (Lipinski definition) is 0. The molecular formula is C13H15Cl2NO. The summed E-state index contributed by atoms with van der Waals surface area (Å²) in [6, 6.07) is 3.61. The second-order valence-electron chi connectivity index (χ2n) is 4.64. The Labute approximate surface area is 112 Å². The molecule has 1 amide bonds. The molecule has 0 saturated carbocycles. The van der Waals surface area contributed by atoms with Crippen LogP contribution in [0.5, 0.6) is 0 Å². The van der Waals surface area contributed by atoms with Crippen molar-refractivity contribution in [3.8, 4) is 0 Å². The van der Waals surface area contributed by atoms with Crippen LogP contribution in [0, 0.1) is 5.92 Å². The van der Waals surface area contributed by atoms with Crippen molar-refractivity contribution >= 4 is 34.8 Å². The lowest BCUT2D eigenvalue weighted by Crippen LogP contribution is -2.38. The number of fused-ring (bicyclic) bond motifs is 1. The van der Waals surface area contributed by atoms with E-state index in [1.54, 1.807) is 11.0 Å². The predicted octanol–water partition coefficient (Wildman–Crippen LogP) is 3.93. The zero-order valence-corrected chi connectivity index (χ0v) is 11.5. The number of anilines is 1. The molecule has 1 aromatic carbocycles. The van der Waals surface area contributed by atoms with Gasteiger partial charge in [-0.1, -0.05) is 37.0 Å². The molecule has 0 N–H and O–H groups in total. The van der Waals surface area contributed by atoms with Gasteiger partial charge in [0.15, 0.2) is 0 Å². The fourth-order valence-electron chi connectivity index (χ4n) is 2.18. The molecule has 1 aliphatic heterocycles. The van der Waals surface area contributed by atoms with Crippen LogP contribution < -0.4 is 4.90 Å². The summed E-state index contributed by atoms with van der Waals surface area (Å²) in [6.45, 7) is 4.55. The Morgan fingerprint density at radius 3 is 2.71 bits per heavy atom. The topological polar surface area (TPSA) is 20.3 Å². The van der Waals surface area contributed by atoms with Crippen molar-refractivity contribution in [1.82, 2.24) is 0 Å². The minimum atomic E-state index is -0.0207. The van der Waals surface area contributed by atoms with Gasteiger partial charge >= 0.3 is 0 Å². The Morgan fingerprint density at radius 1 is 1.35 bits per heavy atom. The van der Waals surface area contributed by atoms with Crippen molar-refractivity contribution in [2.45, 2.75) is 26.7 Å². The van der Waals surface area contributed by atoms with Gasteiger partial charge in [-0.2, -0.15) is 0 Å². The van der Waals surface area contributed by atoms with E-state index in [1.165, 1.54) is 0 Å². The Bertz CT molecular complexity index is 457. The second-order valence-corrected chi connectivity index (χ2v) is 5.49. The minimum absolute atomic E-state index is 0.0207. The average molecular weight is 272 g/mol. The normalized spacial score (nSPS) is 15.0. The summed E-state index contributed by atoms with van der Waals surface area (Å²) in [5.74, 6) is 0.0999. The molecule has 17 heavy (non-hydrogen) atoms. The van der Waals surface area contributed by atoms with E-state index in [0.29, 0.717) is 10.0 Å².